The van der Waals surface area contributed by atoms with Gasteiger partial charge in [-0.3, -0.25) is 4.79 Å². The van der Waals surface area contributed by atoms with Gasteiger partial charge >= 0.3 is 0 Å². The average molecular weight is 1110 g/mol. The first kappa shape index (κ1) is 61.6. The van der Waals surface area contributed by atoms with E-state index in [1.807, 2.05) is 0 Å². The monoisotopic (exact) mass is 1110 g/mol. The molecule has 28 atom stereocenters. The fourth-order valence-electron chi connectivity index (χ4n) is 15.3. The molecule has 4 saturated heterocycles. The Hall–Kier alpha value is -1.47. The van der Waals surface area contributed by atoms with Crippen LogP contribution in [0.15, 0.2) is 11.6 Å². The number of allylic oxidation sites excluding steroid dienone is 1. The Morgan fingerprint density at radius 2 is 1.25 bits per heavy atom. The number of Topliss-reactive ketones (excluding diaryl/α,β-unsaturated/α-hetero) is 1. The van der Waals surface area contributed by atoms with E-state index < -0.39 is 164 Å². The lowest BCUT2D eigenvalue weighted by Crippen LogP contribution is -2.65. The zero-order valence-electron chi connectivity index (χ0n) is 45.6. The number of ketones is 1. The van der Waals surface area contributed by atoms with Gasteiger partial charge in [0.1, 0.15) is 85.1 Å². The quantitative estimate of drug-likeness (QED) is 0.0701. The third-order valence-corrected chi connectivity index (χ3v) is 20.4. The Balaban J connectivity index is 0.988. The van der Waals surface area contributed by atoms with Gasteiger partial charge in [0.15, 0.2) is 25.2 Å². The number of carbonyl (C=O) groups excluding carboxylic acids is 1. The van der Waals surface area contributed by atoms with Crippen LogP contribution >= 0.6 is 0 Å². The predicted octanol–water partition coefficient (Wildman–Crippen LogP) is -1.99. The van der Waals surface area contributed by atoms with Crippen molar-refractivity contribution >= 4 is 5.78 Å². The minimum Gasteiger partial charge on any atom is -0.394 e. The van der Waals surface area contributed by atoms with Gasteiger partial charge in [-0.05, 0) is 93.3 Å². The molecule has 0 aromatic rings. The number of hydrogen-bond donors (Lipinski definition) is 14. The van der Waals surface area contributed by atoms with Crippen LogP contribution in [0.2, 0.25) is 0 Å². The van der Waals surface area contributed by atoms with E-state index >= 15 is 4.79 Å². The number of aliphatic hydroxyl groups is 14. The normalized spacial score (nSPS) is 50.0. The lowest BCUT2D eigenvalue weighted by molar-refractivity contribution is -0.380. The van der Waals surface area contributed by atoms with Crippen LogP contribution in [0, 0.1) is 45.3 Å². The highest BCUT2D eigenvalue weighted by molar-refractivity contribution is 5.88. The molecule has 3 saturated carbocycles. The summed E-state index contributed by atoms with van der Waals surface area (Å²) in [6.45, 7) is 13.6. The molecule has 0 radical (unpaired) electrons. The number of rotatable bonds is 17. The van der Waals surface area contributed by atoms with Crippen LogP contribution < -0.4 is 0 Å². The molecule has 0 aromatic heterocycles. The second-order valence-corrected chi connectivity index (χ2v) is 25.6. The maximum absolute atomic E-state index is 15.2. The number of aliphatic hydroxyl groups excluding tert-OH is 13. The molecule has 0 bridgehead atoms. The molecule has 8 rings (SSSR count). The summed E-state index contributed by atoms with van der Waals surface area (Å²) < 4.78 is 47.9. The SMILES string of the molecule is C[C@H](CC[C@@H](O[C@@H]1O[C@H](CO[C@@H]2O[C@H](CO)[C@@H](O)[C@H](O)[C@H]2O)[C@@H](O)[C@H](O)[C@H]1O[C@@H]1O[C@H](CO)[C@@H](O)[C@H](O)[C@H]1O)C(C)(C)O)C1CC[C@@]2(C)C3CC=C4C(CC[C@H](O[C@@H]5O[C@H](CO)C[C@H](O)[C@H]5O)C4(C)C)[C@]3(C)C(=O)C[C@]12C. The highest BCUT2D eigenvalue weighted by atomic mass is 16.8. The maximum atomic E-state index is 15.2. The molecule has 23 nitrogen and oxygen atoms in total. The van der Waals surface area contributed by atoms with E-state index in [2.05, 4.69) is 47.6 Å². The molecule has 0 amide bonds. The maximum Gasteiger partial charge on any atom is 0.187 e. The Morgan fingerprint density at radius 3 is 1.86 bits per heavy atom. The van der Waals surface area contributed by atoms with Crippen molar-refractivity contribution in [1.29, 1.82) is 0 Å². The van der Waals surface area contributed by atoms with Crippen molar-refractivity contribution in [2.75, 3.05) is 26.4 Å². The lowest BCUT2D eigenvalue weighted by atomic mass is 9.38. The lowest BCUT2D eigenvalue weighted by Gasteiger charge is -2.65. The smallest absolute Gasteiger partial charge is 0.187 e. The van der Waals surface area contributed by atoms with Gasteiger partial charge in [-0.15, -0.1) is 0 Å². The Bertz CT molecular complexity index is 2030. The van der Waals surface area contributed by atoms with E-state index in [1.165, 1.54) is 13.8 Å². The van der Waals surface area contributed by atoms with Gasteiger partial charge in [-0.2, -0.15) is 0 Å². The van der Waals surface area contributed by atoms with E-state index in [-0.39, 0.29) is 60.4 Å². The third-order valence-electron chi connectivity index (χ3n) is 20.4. The topological polar surface area (TPSA) is 374 Å². The van der Waals surface area contributed by atoms with Gasteiger partial charge in [0.2, 0.25) is 0 Å². The van der Waals surface area contributed by atoms with Crippen LogP contribution in [0.4, 0.5) is 0 Å². The number of ether oxygens (including phenoxy) is 8. The van der Waals surface area contributed by atoms with Crippen molar-refractivity contribution < 1.29 is 114 Å². The van der Waals surface area contributed by atoms with Crippen LogP contribution in [-0.2, 0) is 42.7 Å². The minimum atomic E-state index is -1.93. The molecule has 4 aliphatic carbocycles. The molecular weight excluding hydrogens is 1020 g/mol. The van der Waals surface area contributed by atoms with Crippen molar-refractivity contribution in [2.24, 2.45) is 45.3 Å². The largest absolute Gasteiger partial charge is 0.394 e. The van der Waals surface area contributed by atoms with Crippen LogP contribution in [0.1, 0.15) is 113 Å². The highest BCUT2D eigenvalue weighted by Gasteiger charge is 2.70. The van der Waals surface area contributed by atoms with Gasteiger partial charge in [-0.1, -0.05) is 53.2 Å². The van der Waals surface area contributed by atoms with E-state index in [4.69, 9.17) is 37.9 Å². The molecule has 4 aliphatic heterocycles. The molecular formula is C54H90O23. The number of hydrogen-bond acceptors (Lipinski definition) is 23. The Kier molecular flexibility index (Phi) is 18.6. The summed E-state index contributed by atoms with van der Waals surface area (Å²) in [5.74, 6) is 0.253. The second kappa shape index (κ2) is 23.3. The van der Waals surface area contributed by atoms with E-state index in [0.29, 0.717) is 32.1 Å². The van der Waals surface area contributed by atoms with Crippen molar-refractivity contribution in [3.05, 3.63) is 11.6 Å². The zero-order chi connectivity index (χ0) is 56.6. The molecule has 14 N–H and O–H groups in total. The first-order valence-electron chi connectivity index (χ1n) is 27.8. The molecule has 444 valence electrons. The molecule has 4 heterocycles. The number of carbonyl (C=O) groups is 1. The fourth-order valence-corrected chi connectivity index (χ4v) is 15.3. The summed E-state index contributed by atoms with van der Waals surface area (Å²) in [6.07, 6.45) is -24.2. The molecule has 23 heteroatoms. The summed E-state index contributed by atoms with van der Waals surface area (Å²) in [6, 6.07) is 0. The van der Waals surface area contributed by atoms with E-state index in [1.54, 1.807) is 0 Å². The Morgan fingerprint density at radius 1 is 0.662 bits per heavy atom. The standard InChI is InChI=1S/C54H90O23/c1-23(25-15-16-52(6)32-12-10-26-27(54(32,8)33(59)18-53(25,52)7)11-14-34(50(26,2)3)75-47-36(60)28(58)17-24(19-55)71-47)9-13-35(51(4,5)69)76-49-45(77-48-44(68)41(65)38(62)30(21-57)73-48)42(66)39(63)31(74-49)22-70-46-43(67)40(64)37(61)29(20-56)72-46/h10,23-25,27-32,34-49,55-58,60-69H,9,11-22H2,1-8H3/t23-,24+,25?,27?,28+,29-,30-,31-,32?,34+,35-,36-,37-,38-,39-,40+,41+,42+,43-,44-,45-,46-,47+,48+,49+,52+,53-,54+/m1/s1. The molecule has 0 aromatic carbocycles. The van der Waals surface area contributed by atoms with Crippen molar-refractivity contribution in [2.45, 2.75) is 248 Å². The van der Waals surface area contributed by atoms with E-state index in [0.717, 1.165) is 18.4 Å². The Labute approximate surface area is 450 Å². The average Bonchev–Trinajstić information content (AvgIpc) is 3.92. The molecule has 0 spiro atoms. The minimum absolute atomic E-state index is 0.0181. The molecule has 77 heavy (non-hydrogen) atoms. The van der Waals surface area contributed by atoms with Gasteiger partial charge in [-0.25, -0.2) is 0 Å². The van der Waals surface area contributed by atoms with Crippen LogP contribution in [0.3, 0.4) is 0 Å². The predicted molar refractivity (Wildman–Crippen MR) is 265 cm³/mol. The highest BCUT2D eigenvalue weighted by Crippen LogP contribution is 2.74. The summed E-state index contributed by atoms with van der Waals surface area (Å²) in [4.78, 5) is 15.2. The number of fused-ring (bicyclic) bond motifs is 5. The molecule has 3 unspecified atom stereocenters. The second-order valence-electron chi connectivity index (χ2n) is 25.6. The van der Waals surface area contributed by atoms with E-state index in [9.17, 15) is 71.5 Å². The molecule has 7 fully saturated rings. The first-order valence-corrected chi connectivity index (χ1v) is 27.8. The van der Waals surface area contributed by atoms with Gasteiger partial charge in [0, 0.05) is 23.7 Å². The van der Waals surface area contributed by atoms with Gasteiger partial charge in [0.05, 0.1) is 56.4 Å². The first-order chi connectivity index (χ1) is 36.0. The van der Waals surface area contributed by atoms with Crippen molar-refractivity contribution in [1.82, 2.24) is 0 Å². The van der Waals surface area contributed by atoms with Crippen LogP contribution in [-0.4, -0.2) is 238 Å². The van der Waals surface area contributed by atoms with Crippen molar-refractivity contribution in [3.63, 3.8) is 0 Å². The van der Waals surface area contributed by atoms with Crippen molar-refractivity contribution in [3.8, 4) is 0 Å². The van der Waals surface area contributed by atoms with Gasteiger partial charge in [0.25, 0.3) is 0 Å². The fraction of sp³-hybridized carbons (Fsp3) is 0.944. The molecule has 8 aliphatic rings. The van der Waals surface area contributed by atoms with Gasteiger partial charge < -0.3 is 109 Å². The summed E-state index contributed by atoms with van der Waals surface area (Å²) in [5.41, 5.74) is -2.32. The van der Waals surface area contributed by atoms with Crippen LogP contribution in [0.5, 0.6) is 0 Å². The van der Waals surface area contributed by atoms with Crippen LogP contribution in [0.25, 0.3) is 0 Å². The summed E-state index contributed by atoms with van der Waals surface area (Å²) in [7, 11) is 0. The summed E-state index contributed by atoms with van der Waals surface area (Å²) in [5, 5.41) is 149. The zero-order valence-corrected chi connectivity index (χ0v) is 45.6. The third kappa shape index (κ3) is 11.0. The summed E-state index contributed by atoms with van der Waals surface area (Å²) >= 11 is 0.